The van der Waals surface area contributed by atoms with Crippen LogP contribution >= 0.6 is 0 Å². The van der Waals surface area contributed by atoms with E-state index >= 15 is 0 Å². The lowest BCUT2D eigenvalue weighted by Gasteiger charge is -2.04. The number of aliphatic hydroxyl groups is 1. The van der Waals surface area contributed by atoms with Gasteiger partial charge in [-0.3, -0.25) is 9.48 Å². The highest BCUT2D eigenvalue weighted by molar-refractivity contribution is 5.86. The average molecular weight is 409 g/mol. The van der Waals surface area contributed by atoms with Gasteiger partial charge < -0.3 is 20.1 Å². The molecule has 4 heterocycles. The predicted octanol–water partition coefficient (Wildman–Crippen LogP) is 2.19. The molecule has 30 heavy (non-hydrogen) atoms. The van der Waals surface area contributed by atoms with Crippen molar-refractivity contribution in [1.82, 2.24) is 29.5 Å². The van der Waals surface area contributed by atoms with Crippen LogP contribution in [0.2, 0.25) is 0 Å². The van der Waals surface area contributed by atoms with Crippen molar-refractivity contribution >= 4 is 28.7 Å². The third-order valence-electron chi connectivity index (χ3n) is 4.94. The SMILES string of the molecule is CNc1cn2cc(C3CCCN3)nc2cn1.CO.Cn1ncc2cc(C=O)ccc21. The smallest absolute Gasteiger partial charge is 0.155 e. The van der Waals surface area contributed by atoms with Crippen molar-refractivity contribution in [2.45, 2.75) is 18.9 Å². The summed E-state index contributed by atoms with van der Waals surface area (Å²) in [4.78, 5) is 19.3. The summed E-state index contributed by atoms with van der Waals surface area (Å²) in [5.41, 5.74) is 3.76. The maximum Gasteiger partial charge on any atom is 0.155 e. The van der Waals surface area contributed by atoms with Gasteiger partial charge in [-0.25, -0.2) is 9.97 Å². The van der Waals surface area contributed by atoms with Crippen molar-refractivity contribution in [3.63, 3.8) is 0 Å². The lowest BCUT2D eigenvalue weighted by Crippen LogP contribution is -2.12. The van der Waals surface area contributed by atoms with Crippen molar-refractivity contribution in [3.05, 3.63) is 54.2 Å². The van der Waals surface area contributed by atoms with Gasteiger partial charge in [0.15, 0.2) is 5.65 Å². The molecular weight excluding hydrogens is 382 g/mol. The third kappa shape index (κ3) is 4.64. The first kappa shape index (κ1) is 21.4. The van der Waals surface area contributed by atoms with Crippen molar-refractivity contribution < 1.29 is 9.90 Å². The fraction of sp³-hybridized carbons (Fsp3) is 0.333. The first-order chi connectivity index (χ1) is 14.7. The van der Waals surface area contributed by atoms with Crippen molar-refractivity contribution in [2.75, 3.05) is 26.0 Å². The Morgan fingerprint density at radius 3 is 2.80 bits per heavy atom. The molecule has 0 amide bonds. The van der Waals surface area contributed by atoms with Crippen molar-refractivity contribution in [2.24, 2.45) is 7.05 Å². The van der Waals surface area contributed by atoms with Gasteiger partial charge in [-0.1, -0.05) is 0 Å². The Labute approximate surface area is 174 Å². The minimum absolute atomic E-state index is 0.415. The zero-order valence-corrected chi connectivity index (χ0v) is 17.4. The van der Waals surface area contributed by atoms with Crippen LogP contribution in [-0.2, 0) is 7.05 Å². The molecule has 1 aliphatic heterocycles. The molecule has 9 nitrogen and oxygen atoms in total. The predicted molar refractivity (Wildman–Crippen MR) is 117 cm³/mol. The number of fused-ring (bicyclic) bond motifs is 2. The number of carbonyl (C=O) groups excluding carboxylic acids is 1. The van der Waals surface area contributed by atoms with E-state index < -0.39 is 0 Å². The van der Waals surface area contributed by atoms with Gasteiger partial charge in [0, 0.05) is 38.4 Å². The first-order valence-corrected chi connectivity index (χ1v) is 9.75. The average Bonchev–Trinajstić information content (AvgIpc) is 3.54. The number of imidazole rings is 1. The van der Waals surface area contributed by atoms with E-state index in [-0.39, 0.29) is 0 Å². The summed E-state index contributed by atoms with van der Waals surface area (Å²) in [7, 11) is 4.74. The second-order valence-corrected chi connectivity index (χ2v) is 6.81. The molecule has 0 saturated carbocycles. The van der Waals surface area contributed by atoms with Crippen molar-refractivity contribution in [3.8, 4) is 0 Å². The van der Waals surface area contributed by atoms with Crippen LogP contribution in [-0.4, -0.2) is 56.2 Å². The van der Waals surface area contributed by atoms with Crippen LogP contribution < -0.4 is 10.6 Å². The largest absolute Gasteiger partial charge is 0.400 e. The number of nitrogens with zero attached hydrogens (tertiary/aromatic N) is 5. The number of aryl methyl sites for hydroxylation is 1. The number of benzene rings is 1. The van der Waals surface area contributed by atoms with E-state index in [2.05, 4.69) is 31.9 Å². The number of hydrogen-bond acceptors (Lipinski definition) is 7. The van der Waals surface area contributed by atoms with Crippen molar-refractivity contribution in [1.29, 1.82) is 0 Å². The quantitative estimate of drug-likeness (QED) is 0.445. The van der Waals surface area contributed by atoms with E-state index in [9.17, 15) is 4.79 Å². The van der Waals surface area contributed by atoms with Gasteiger partial charge in [-0.2, -0.15) is 5.10 Å². The van der Waals surface area contributed by atoms with E-state index in [1.807, 2.05) is 36.8 Å². The lowest BCUT2D eigenvalue weighted by atomic mass is 10.2. The summed E-state index contributed by atoms with van der Waals surface area (Å²) in [5, 5.41) is 18.5. The summed E-state index contributed by atoms with van der Waals surface area (Å²) < 4.78 is 3.80. The van der Waals surface area contributed by atoms with Gasteiger partial charge in [-0.05, 0) is 37.6 Å². The van der Waals surface area contributed by atoms with E-state index in [0.717, 1.165) is 48.0 Å². The maximum absolute atomic E-state index is 10.4. The molecule has 0 radical (unpaired) electrons. The fourth-order valence-corrected chi connectivity index (χ4v) is 3.41. The Bertz CT molecular complexity index is 1110. The number of aliphatic hydroxyl groups excluding tert-OH is 1. The fourth-order valence-electron chi connectivity index (χ4n) is 3.41. The highest BCUT2D eigenvalue weighted by atomic mass is 16.2. The van der Waals surface area contributed by atoms with Gasteiger partial charge in [0.2, 0.25) is 0 Å². The van der Waals surface area contributed by atoms with E-state index in [1.54, 1.807) is 23.1 Å². The number of aromatic nitrogens is 5. The molecule has 0 bridgehead atoms. The normalized spacial score (nSPS) is 15.3. The minimum Gasteiger partial charge on any atom is -0.400 e. The van der Waals surface area contributed by atoms with Crippen LogP contribution in [0.15, 0.2) is 43.0 Å². The van der Waals surface area contributed by atoms with Gasteiger partial charge in [-0.15, -0.1) is 0 Å². The third-order valence-corrected chi connectivity index (χ3v) is 4.94. The molecule has 1 atom stereocenters. The molecule has 9 heteroatoms. The molecule has 1 aliphatic rings. The second-order valence-electron chi connectivity index (χ2n) is 6.81. The number of nitrogens with one attached hydrogen (secondary N) is 2. The van der Waals surface area contributed by atoms with E-state index in [1.165, 1.54) is 12.8 Å². The Kier molecular flexibility index (Phi) is 7.10. The van der Waals surface area contributed by atoms with Crippen LogP contribution in [0, 0.1) is 0 Å². The monoisotopic (exact) mass is 409 g/mol. The standard InChI is InChI=1S/C11H15N5.C9H8N2O.CH4O/c1-12-10-7-16-6-9(8-3-2-4-13-8)15-11(16)5-14-10;1-11-9-3-2-7(6-12)4-8(9)5-10-11;1-2/h5-8,12-13H,2-4H2,1H3;2-6H,1H3;2H,1H3. The number of aldehydes is 1. The number of rotatable bonds is 3. The minimum atomic E-state index is 0.415. The zero-order chi connectivity index (χ0) is 21.5. The number of carbonyl (C=O) groups is 1. The zero-order valence-electron chi connectivity index (χ0n) is 17.4. The lowest BCUT2D eigenvalue weighted by molar-refractivity contribution is 0.112. The van der Waals surface area contributed by atoms with Crippen LogP contribution in [0.5, 0.6) is 0 Å². The van der Waals surface area contributed by atoms with Crippen LogP contribution in [0.3, 0.4) is 0 Å². The second kappa shape index (κ2) is 9.95. The van der Waals surface area contributed by atoms with Gasteiger partial charge in [0.25, 0.3) is 0 Å². The summed E-state index contributed by atoms with van der Waals surface area (Å²) in [6.45, 7) is 1.10. The summed E-state index contributed by atoms with van der Waals surface area (Å²) in [6, 6.07) is 5.93. The van der Waals surface area contributed by atoms with Crippen LogP contribution in [0.1, 0.15) is 34.9 Å². The molecule has 0 spiro atoms. The van der Waals surface area contributed by atoms with Gasteiger partial charge in [0.05, 0.1) is 35.8 Å². The Morgan fingerprint density at radius 1 is 1.27 bits per heavy atom. The molecule has 0 aliphatic carbocycles. The highest BCUT2D eigenvalue weighted by Crippen LogP contribution is 2.22. The number of anilines is 1. The Hall–Kier alpha value is -3.30. The molecule has 5 rings (SSSR count). The highest BCUT2D eigenvalue weighted by Gasteiger charge is 2.18. The van der Waals surface area contributed by atoms with Crippen LogP contribution in [0.4, 0.5) is 5.82 Å². The first-order valence-electron chi connectivity index (χ1n) is 9.75. The topological polar surface area (TPSA) is 109 Å². The summed E-state index contributed by atoms with van der Waals surface area (Å²) in [6.07, 6.45) is 10.8. The molecule has 3 aromatic heterocycles. The van der Waals surface area contributed by atoms with Gasteiger partial charge in [0.1, 0.15) is 12.1 Å². The van der Waals surface area contributed by atoms with E-state index in [4.69, 9.17) is 5.11 Å². The number of hydrogen-bond donors (Lipinski definition) is 3. The van der Waals surface area contributed by atoms with E-state index in [0.29, 0.717) is 11.6 Å². The Morgan fingerprint density at radius 2 is 2.10 bits per heavy atom. The molecule has 1 aromatic carbocycles. The molecule has 3 N–H and O–H groups in total. The van der Waals surface area contributed by atoms with Crippen LogP contribution in [0.25, 0.3) is 16.6 Å². The summed E-state index contributed by atoms with van der Waals surface area (Å²) in [5.74, 6) is 0.857. The molecule has 1 saturated heterocycles. The molecule has 4 aromatic rings. The molecule has 1 unspecified atom stereocenters. The molecular formula is C21H27N7O2. The summed E-state index contributed by atoms with van der Waals surface area (Å²) >= 11 is 0. The molecule has 158 valence electrons. The van der Waals surface area contributed by atoms with Gasteiger partial charge >= 0.3 is 0 Å². The maximum atomic E-state index is 10.4. The Balaban J connectivity index is 0.000000163. The molecule has 1 fully saturated rings.